The molecule has 1 saturated carbocycles. The Hall–Kier alpha value is -2.44. The topological polar surface area (TPSA) is 61.8 Å². The molecule has 2 aromatic carbocycles. The van der Waals surface area contributed by atoms with Crippen molar-refractivity contribution in [3.63, 3.8) is 0 Å². The number of aliphatic hydroxyl groups excluding tert-OH is 1. The van der Waals surface area contributed by atoms with E-state index in [0.717, 1.165) is 25.9 Å². The quantitative estimate of drug-likeness (QED) is 0.734. The van der Waals surface area contributed by atoms with Crippen molar-refractivity contribution in [2.75, 3.05) is 26.2 Å². The molecule has 1 heterocycles. The van der Waals surface area contributed by atoms with Gasteiger partial charge in [0.1, 0.15) is 17.7 Å². The summed E-state index contributed by atoms with van der Waals surface area (Å²) in [7, 11) is 0. The van der Waals surface area contributed by atoms with E-state index in [1.54, 1.807) is 12.1 Å². The van der Waals surface area contributed by atoms with Crippen molar-refractivity contribution in [2.45, 2.75) is 31.5 Å². The third-order valence-corrected chi connectivity index (χ3v) is 6.21. The first-order chi connectivity index (χ1) is 14.6. The van der Waals surface area contributed by atoms with Crippen LogP contribution in [0.4, 0.5) is 4.39 Å². The Morgan fingerprint density at radius 2 is 1.77 bits per heavy atom. The van der Waals surface area contributed by atoms with Crippen LogP contribution in [0.3, 0.4) is 0 Å². The molecule has 2 aliphatic rings. The highest BCUT2D eigenvalue weighted by Crippen LogP contribution is 2.37. The van der Waals surface area contributed by atoms with E-state index in [4.69, 9.17) is 4.74 Å². The predicted octanol–water partition coefficient (Wildman–Crippen LogP) is 2.63. The Morgan fingerprint density at radius 3 is 2.50 bits per heavy atom. The molecule has 30 heavy (non-hydrogen) atoms. The van der Waals surface area contributed by atoms with Gasteiger partial charge < -0.3 is 15.2 Å². The lowest BCUT2D eigenvalue weighted by atomic mass is 9.78. The number of halogens is 1. The average molecular weight is 413 g/mol. The molecule has 1 aliphatic heterocycles. The first-order valence-corrected chi connectivity index (χ1v) is 10.7. The van der Waals surface area contributed by atoms with Gasteiger partial charge in [0.25, 0.3) is 0 Å². The number of hydrogen-bond acceptors (Lipinski definition) is 4. The first kappa shape index (κ1) is 20.8. The molecule has 0 aromatic heterocycles. The van der Waals surface area contributed by atoms with Crippen LogP contribution in [0.2, 0.25) is 0 Å². The minimum atomic E-state index is -0.545. The summed E-state index contributed by atoms with van der Waals surface area (Å²) >= 11 is 0. The Balaban J connectivity index is 1.23. The van der Waals surface area contributed by atoms with Gasteiger partial charge in [-0.25, -0.2) is 4.39 Å². The van der Waals surface area contributed by atoms with Gasteiger partial charge in [0.2, 0.25) is 5.91 Å². The first-order valence-electron chi connectivity index (χ1n) is 10.7. The van der Waals surface area contributed by atoms with E-state index in [0.29, 0.717) is 37.1 Å². The lowest BCUT2D eigenvalue weighted by Gasteiger charge is -2.35. The molecule has 4 atom stereocenters. The summed E-state index contributed by atoms with van der Waals surface area (Å²) in [6.07, 6.45) is 1.40. The summed E-state index contributed by atoms with van der Waals surface area (Å²) in [6, 6.07) is 16.0. The van der Waals surface area contributed by atoms with E-state index >= 15 is 0 Å². The molecule has 2 N–H and O–H groups in total. The van der Waals surface area contributed by atoms with Gasteiger partial charge in [0.05, 0.1) is 12.6 Å². The summed E-state index contributed by atoms with van der Waals surface area (Å²) in [5, 5.41) is 13.5. The molecule has 6 heteroatoms. The van der Waals surface area contributed by atoms with Crippen LogP contribution in [-0.2, 0) is 11.2 Å². The van der Waals surface area contributed by atoms with Crippen molar-refractivity contribution >= 4 is 5.91 Å². The standard InChI is InChI=1S/C24H29FN2O3/c25-20-6-8-21(9-7-20)30-23-13-19-15-27(14-18(19)12-22(23)28)16-24(29)26-11-10-17-4-2-1-3-5-17/h1-9,18-19,22-23,28H,10-16H2,(H,26,29)/t18-,19+,22+,23+/m0/s1. The maximum absolute atomic E-state index is 13.1. The molecular weight excluding hydrogens is 383 g/mol. The highest BCUT2D eigenvalue weighted by atomic mass is 19.1. The van der Waals surface area contributed by atoms with Gasteiger partial charge in [-0.1, -0.05) is 30.3 Å². The largest absolute Gasteiger partial charge is 0.488 e. The number of carbonyl (C=O) groups is 1. The normalized spacial score (nSPS) is 26.2. The van der Waals surface area contributed by atoms with Crippen LogP contribution >= 0.6 is 0 Å². The fourth-order valence-electron chi connectivity index (χ4n) is 4.68. The Labute approximate surface area is 176 Å². The fraction of sp³-hybridized carbons (Fsp3) is 0.458. The minimum Gasteiger partial charge on any atom is -0.488 e. The minimum absolute atomic E-state index is 0.0456. The molecule has 0 radical (unpaired) electrons. The molecule has 4 rings (SSSR count). The summed E-state index contributed by atoms with van der Waals surface area (Å²) in [5.74, 6) is 1.09. The molecule has 5 nitrogen and oxygen atoms in total. The Kier molecular flexibility index (Phi) is 6.65. The maximum atomic E-state index is 13.1. The number of ether oxygens (including phenoxy) is 1. The van der Waals surface area contributed by atoms with Crippen LogP contribution in [0.5, 0.6) is 5.75 Å². The third-order valence-electron chi connectivity index (χ3n) is 6.21. The van der Waals surface area contributed by atoms with E-state index in [1.807, 2.05) is 18.2 Å². The predicted molar refractivity (Wildman–Crippen MR) is 113 cm³/mol. The smallest absolute Gasteiger partial charge is 0.234 e. The van der Waals surface area contributed by atoms with Gasteiger partial charge in [-0.05, 0) is 60.9 Å². The zero-order chi connectivity index (χ0) is 20.9. The van der Waals surface area contributed by atoms with Crippen molar-refractivity contribution < 1.29 is 19.0 Å². The molecule has 0 spiro atoms. The van der Waals surface area contributed by atoms with Crippen molar-refractivity contribution in [3.05, 3.63) is 66.0 Å². The van der Waals surface area contributed by atoms with Gasteiger partial charge >= 0.3 is 0 Å². The SMILES string of the molecule is O=C(CN1C[C@H]2C[C@@H](Oc3ccc(F)cc3)[C@H](O)C[C@H]2C1)NCCc1ccccc1. The molecular formula is C24H29FN2O3. The lowest BCUT2D eigenvalue weighted by molar-refractivity contribution is -0.122. The van der Waals surface area contributed by atoms with Crippen molar-refractivity contribution in [2.24, 2.45) is 11.8 Å². The van der Waals surface area contributed by atoms with Gasteiger partial charge in [0.15, 0.2) is 0 Å². The highest BCUT2D eigenvalue weighted by molar-refractivity contribution is 5.78. The number of likely N-dealkylation sites (tertiary alicyclic amines) is 1. The van der Waals surface area contributed by atoms with E-state index in [2.05, 4.69) is 22.3 Å². The number of fused-ring (bicyclic) bond motifs is 1. The van der Waals surface area contributed by atoms with E-state index < -0.39 is 6.10 Å². The van der Waals surface area contributed by atoms with Crippen LogP contribution in [0.1, 0.15) is 18.4 Å². The average Bonchev–Trinajstić information content (AvgIpc) is 3.11. The molecule has 1 aliphatic carbocycles. The second-order valence-electron chi connectivity index (χ2n) is 8.45. The monoisotopic (exact) mass is 412 g/mol. The van der Waals surface area contributed by atoms with Crippen LogP contribution in [0.15, 0.2) is 54.6 Å². The van der Waals surface area contributed by atoms with Crippen LogP contribution in [-0.4, -0.2) is 54.3 Å². The molecule has 2 aromatic rings. The van der Waals surface area contributed by atoms with Gasteiger partial charge in [-0.3, -0.25) is 9.69 Å². The highest BCUT2D eigenvalue weighted by Gasteiger charge is 2.42. The van der Waals surface area contributed by atoms with E-state index in [1.165, 1.54) is 17.7 Å². The van der Waals surface area contributed by atoms with Crippen LogP contribution < -0.4 is 10.1 Å². The van der Waals surface area contributed by atoms with Gasteiger partial charge in [0, 0.05) is 19.6 Å². The summed E-state index contributed by atoms with van der Waals surface area (Å²) < 4.78 is 19.0. The van der Waals surface area contributed by atoms with E-state index in [-0.39, 0.29) is 17.8 Å². The number of aliphatic hydroxyl groups is 1. The maximum Gasteiger partial charge on any atom is 0.234 e. The van der Waals surface area contributed by atoms with Crippen molar-refractivity contribution in [3.8, 4) is 5.75 Å². The van der Waals surface area contributed by atoms with Crippen molar-refractivity contribution in [1.82, 2.24) is 10.2 Å². The summed E-state index contributed by atoms with van der Waals surface area (Å²) in [5.41, 5.74) is 1.21. The molecule has 1 saturated heterocycles. The zero-order valence-electron chi connectivity index (χ0n) is 17.0. The number of carbonyl (C=O) groups excluding carboxylic acids is 1. The number of benzene rings is 2. The zero-order valence-corrected chi connectivity index (χ0v) is 17.0. The van der Waals surface area contributed by atoms with Crippen molar-refractivity contribution in [1.29, 1.82) is 0 Å². The van der Waals surface area contributed by atoms with E-state index in [9.17, 15) is 14.3 Å². The number of amides is 1. The number of nitrogens with one attached hydrogen (secondary N) is 1. The van der Waals surface area contributed by atoms with Gasteiger partial charge in [-0.2, -0.15) is 0 Å². The summed E-state index contributed by atoms with van der Waals surface area (Å²) in [4.78, 5) is 14.5. The Bertz CT molecular complexity index is 830. The van der Waals surface area contributed by atoms with Crippen LogP contribution in [0, 0.1) is 17.7 Å². The fourth-order valence-corrected chi connectivity index (χ4v) is 4.68. The molecule has 0 bridgehead atoms. The number of nitrogens with zero attached hydrogens (tertiary/aromatic N) is 1. The molecule has 2 fully saturated rings. The molecule has 0 unspecified atom stereocenters. The number of rotatable bonds is 7. The van der Waals surface area contributed by atoms with Crippen LogP contribution in [0.25, 0.3) is 0 Å². The third kappa shape index (κ3) is 5.37. The molecule has 1 amide bonds. The lowest BCUT2D eigenvalue weighted by Crippen LogP contribution is -2.42. The molecule has 160 valence electrons. The van der Waals surface area contributed by atoms with Gasteiger partial charge in [-0.15, -0.1) is 0 Å². The second-order valence-corrected chi connectivity index (χ2v) is 8.45. The second kappa shape index (κ2) is 9.58. The number of hydrogen-bond donors (Lipinski definition) is 2. The summed E-state index contributed by atoms with van der Waals surface area (Å²) in [6.45, 7) is 2.70. The Morgan fingerprint density at radius 1 is 1.07 bits per heavy atom.